The van der Waals surface area contributed by atoms with Crippen LogP contribution in [0.5, 0.6) is 0 Å². The van der Waals surface area contributed by atoms with Crippen molar-refractivity contribution in [1.29, 1.82) is 21.2 Å². The predicted octanol–water partition coefficient (Wildman–Crippen LogP) is 4.76. The highest BCUT2D eigenvalue weighted by Crippen LogP contribution is 2.54. The van der Waals surface area contributed by atoms with Crippen LogP contribution < -0.4 is 0 Å². The van der Waals surface area contributed by atoms with Crippen molar-refractivity contribution < 1.29 is 0 Å². The van der Waals surface area contributed by atoms with Gasteiger partial charge >= 0.3 is 0 Å². The van der Waals surface area contributed by atoms with Crippen LogP contribution in [0.15, 0.2) is 42.0 Å². The monoisotopic (exact) mass is 356 g/mol. The molecule has 0 bridgehead atoms. The summed E-state index contributed by atoms with van der Waals surface area (Å²) in [5, 5.41) is 39.0. The van der Waals surface area contributed by atoms with Crippen molar-refractivity contribution in [2.24, 2.45) is 29.1 Å². The Labute approximate surface area is 161 Å². The van der Waals surface area contributed by atoms with Gasteiger partial charge in [0.2, 0.25) is 0 Å². The average molecular weight is 356 g/mol. The van der Waals surface area contributed by atoms with E-state index in [2.05, 4.69) is 45.1 Å². The zero-order chi connectivity index (χ0) is 19.8. The fraction of sp³-hybridized carbons (Fsp3) is 0.478. The number of nitriles is 3. The molecule has 1 fully saturated rings. The molecule has 1 N–H and O–H groups in total. The van der Waals surface area contributed by atoms with Gasteiger partial charge in [-0.05, 0) is 41.2 Å². The quantitative estimate of drug-likeness (QED) is 0.735. The van der Waals surface area contributed by atoms with E-state index in [1.165, 1.54) is 0 Å². The standard InChI is InChI=1S/C23H24N4/c1-22(2,3)16-9-10-17-18(11-16)20(13-25)23(14-26,21(27)19(17)12-24)15-7-5-4-6-8-15/h4-8,10,16,18-20,27H,9,11H2,1-3H3. The fourth-order valence-electron chi connectivity index (χ4n) is 4.76. The molecule has 0 aliphatic heterocycles. The second-order valence-electron chi connectivity index (χ2n) is 8.71. The molecule has 0 radical (unpaired) electrons. The van der Waals surface area contributed by atoms with Gasteiger partial charge in [-0.15, -0.1) is 0 Å². The van der Waals surface area contributed by atoms with Crippen molar-refractivity contribution in [1.82, 2.24) is 0 Å². The normalized spacial score (nSPS) is 33.0. The lowest BCUT2D eigenvalue weighted by atomic mass is 9.51. The highest BCUT2D eigenvalue weighted by atomic mass is 14.7. The van der Waals surface area contributed by atoms with Gasteiger partial charge in [0.25, 0.3) is 0 Å². The number of rotatable bonds is 1. The maximum Gasteiger partial charge on any atom is 0.137 e. The third-order valence-corrected chi connectivity index (χ3v) is 6.42. The molecule has 4 nitrogen and oxygen atoms in total. The molecule has 2 aliphatic rings. The van der Waals surface area contributed by atoms with E-state index in [4.69, 9.17) is 5.41 Å². The molecule has 5 unspecified atom stereocenters. The van der Waals surface area contributed by atoms with Crippen LogP contribution in [0.3, 0.4) is 0 Å². The van der Waals surface area contributed by atoms with Gasteiger partial charge in [0, 0.05) is 0 Å². The van der Waals surface area contributed by atoms with Crippen LogP contribution in [0.1, 0.15) is 39.2 Å². The first-order valence-electron chi connectivity index (χ1n) is 9.36. The minimum atomic E-state index is -1.38. The Morgan fingerprint density at radius 3 is 2.26 bits per heavy atom. The molecule has 2 aliphatic carbocycles. The van der Waals surface area contributed by atoms with Crippen LogP contribution in [0.2, 0.25) is 0 Å². The first kappa shape index (κ1) is 18.9. The number of fused-ring (bicyclic) bond motifs is 1. The van der Waals surface area contributed by atoms with Gasteiger partial charge < -0.3 is 5.41 Å². The highest BCUT2D eigenvalue weighted by Gasteiger charge is 2.58. The van der Waals surface area contributed by atoms with E-state index < -0.39 is 17.3 Å². The summed E-state index contributed by atoms with van der Waals surface area (Å²) < 4.78 is 0. The SMILES string of the molecule is CC(C)(C)C1CC=C2C(C#N)C(=N)C(C#N)(c3ccccc3)C(C#N)C2C1. The molecule has 0 spiro atoms. The number of benzene rings is 1. The van der Waals surface area contributed by atoms with Crippen molar-refractivity contribution in [3.63, 3.8) is 0 Å². The van der Waals surface area contributed by atoms with E-state index >= 15 is 0 Å². The van der Waals surface area contributed by atoms with Gasteiger partial charge in [0.1, 0.15) is 11.3 Å². The Bertz CT molecular complexity index is 901. The lowest BCUT2D eigenvalue weighted by Crippen LogP contribution is -2.54. The van der Waals surface area contributed by atoms with Crippen molar-refractivity contribution in [2.45, 2.75) is 39.0 Å². The topological polar surface area (TPSA) is 95.2 Å². The third-order valence-electron chi connectivity index (χ3n) is 6.42. The fourth-order valence-corrected chi connectivity index (χ4v) is 4.76. The lowest BCUT2D eigenvalue weighted by Gasteiger charge is -2.48. The molecular formula is C23H24N4. The van der Waals surface area contributed by atoms with E-state index in [1.807, 2.05) is 18.2 Å². The highest BCUT2D eigenvalue weighted by molar-refractivity contribution is 6.02. The summed E-state index contributed by atoms with van der Waals surface area (Å²) in [5.41, 5.74) is 0.259. The Balaban J connectivity index is 2.21. The van der Waals surface area contributed by atoms with Crippen LogP contribution in [-0.2, 0) is 5.41 Å². The van der Waals surface area contributed by atoms with E-state index in [0.29, 0.717) is 11.5 Å². The predicted molar refractivity (Wildman–Crippen MR) is 103 cm³/mol. The van der Waals surface area contributed by atoms with Crippen LogP contribution in [0.25, 0.3) is 0 Å². The van der Waals surface area contributed by atoms with Gasteiger partial charge in [0.05, 0.1) is 29.8 Å². The summed E-state index contributed by atoms with van der Waals surface area (Å²) in [6, 6.07) is 16.0. The van der Waals surface area contributed by atoms with Gasteiger partial charge in [-0.2, -0.15) is 15.8 Å². The van der Waals surface area contributed by atoms with E-state index in [9.17, 15) is 15.8 Å². The lowest BCUT2D eigenvalue weighted by molar-refractivity contribution is 0.165. The smallest absolute Gasteiger partial charge is 0.137 e. The largest absolute Gasteiger partial charge is 0.306 e. The maximum atomic E-state index is 10.2. The summed E-state index contributed by atoms with van der Waals surface area (Å²) in [6.07, 6.45) is 3.70. The molecule has 1 saturated carbocycles. The van der Waals surface area contributed by atoms with Crippen LogP contribution in [-0.4, -0.2) is 5.71 Å². The van der Waals surface area contributed by atoms with Crippen molar-refractivity contribution in [3.05, 3.63) is 47.5 Å². The zero-order valence-corrected chi connectivity index (χ0v) is 16.0. The summed E-state index contributed by atoms with van der Waals surface area (Å²) in [5.74, 6) is -1.20. The molecule has 27 heavy (non-hydrogen) atoms. The van der Waals surface area contributed by atoms with E-state index in [1.54, 1.807) is 12.1 Å². The van der Waals surface area contributed by atoms with Crippen molar-refractivity contribution in [2.75, 3.05) is 0 Å². The van der Waals surface area contributed by atoms with Crippen molar-refractivity contribution >= 4 is 5.71 Å². The second kappa shape index (κ2) is 6.68. The molecule has 1 aromatic rings. The third kappa shape index (κ3) is 2.75. The maximum absolute atomic E-state index is 10.2. The number of hydrogen-bond donors (Lipinski definition) is 1. The molecule has 3 rings (SSSR count). The van der Waals surface area contributed by atoms with Crippen LogP contribution in [0.4, 0.5) is 0 Å². The Morgan fingerprint density at radius 1 is 1.07 bits per heavy atom. The minimum Gasteiger partial charge on any atom is -0.306 e. The Hall–Kier alpha value is -2.90. The van der Waals surface area contributed by atoms with Gasteiger partial charge in [-0.3, -0.25) is 0 Å². The minimum absolute atomic E-state index is 0.0435. The summed E-state index contributed by atoms with van der Waals surface area (Å²) >= 11 is 0. The van der Waals surface area contributed by atoms with Gasteiger partial charge in [0.15, 0.2) is 0 Å². The van der Waals surface area contributed by atoms with Gasteiger partial charge in [-0.1, -0.05) is 57.2 Å². The number of nitrogens with one attached hydrogen (secondary N) is 1. The van der Waals surface area contributed by atoms with E-state index in [-0.39, 0.29) is 17.0 Å². The van der Waals surface area contributed by atoms with Gasteiger partial charge in [-0.25, -0.2) is 0 Å². The molecular weight excluding hydrogens is 332 g/mol. The summed E-state index contributed by atoms with van der Waals surface area (Å²) in [7, 11) is 0. The zero-order valence-electron chi connectivity index (χ0n) is 16.0. The molecule has 5 atom stereocenters. The molecule has 1 aromatic carbocycles. The molecule has 0 saturated heterocycles. The first-order valence-corrected chi connectivity index (χ1v) is 9.36. The Morgan fingerprint density at radius 2 is 1.74 bits per heavy atom. The first-order chi connectivity index (χ1) is 12.8. The Kier molecular flexibility index (Phi) is 4.67. The molecule has 0 heterocycles. The number of allylic oxidation sites excluding steroid dienone is 2. The molecule has 136 valence electrons. The van der Waals surface area contributed by atoms with Crippen molar-refractivity contribution in [3.8, 4) is 18.2 Å². The van der Waals surface area contributed by atoms with Crippen LogP contribution in [0, 0.1) is 68.5 Å². The molecule has 4 heteroatoms. The van der Waals surface area contributed by atoms with E-state index in [0.717, 1.165) is 18.4 Å². The molecule has 0 amide bonds. The summed E-state index contributed by atoms with van der Waals surface area (Å²) in [4.78, 5) is 0. The second-order valence-corrected chi connectivity index (χ2v) is 8.71. The molecule has 0 aromatic heterocycles. The number of nitrogens with zero attached hydrogens (tertiary/aromatic N) is 3. The van der Waals surface area contributed by atoms with Crippen LogP contribution >= 0.6 is 0 Å². The number of hydrogen-bond acceptors (Lipinski definition) is 4. The summed E-state index contributed by atoms with van der Waals surface area (Å²) in [6.45, 7) is 6.58. The average Bonchev–Trinajstić information content (AvgIpc) is 2.66.